The molecule has 0 aliphatic carbocycles. The highest BCUT2D eigenvalue weighted by Crippen LogP contribution is 2.00. The quantitative estimate of drug-likeness (QED) is 0.368. The molecule has 0 aliphatic heterocycles. The lowest BCUT2D eigenvalue weighted by Crippen LogP contribution is -2.30. The number of furan rings is 1. The van der Waals surface area contributed by atoms with E-state index < -0.39 is 6.09 Å². The fraction of sp³-hybridized carbons (Fsp3) is 0.167. The molecule has 0 spiro atoms. The minimum absolute atomic E-state index is 0.0933. The third-order valence-corrected chi connectivity index (χ3v) is 1.04. The van der Waals surface area contributed by atoms with Crippen LogP contribution < -0.4 is 11.3 Å². The highest BCUT2D eigenvalue weighted by atomic mass is 16.6. The number of ether oxygens (including phenoxy) is 1. The molecule has 1 rings (SSSR count). The third-order valence-electron chi connectivity index (χ3n) is 1.04. The lowest BCUT2D eigenvalue weighted by Gasteiger charge is -1.99. The molecule has 3 N–H and O–H groups in total. The van der Waals surface area contributed by atoms with Crippen molar-refractivity contribution in [3.63, 3.8) is 0 Å². The van der Waals surface area contributed by atoms with Crippen molar-refractivity contribution in [3.8, 4) is 0 Å². The maximum atomic E-state index is 10.4. The Hall–Kier alpha value is -1.49. The zero-order chi connectivity index (χ0) is 8.10. The van der Waals surface area contributed by atoms with E-state index in [9.17, 15) is 4.79 Å². The van der Waals surface area contributed by atoms with Crippen molar-refractivity contribution < 1.29 is 13.9 Å². The van der Waals surface area contributed by atoms with Crippen LogP contribution >= 0.6 is 0 Å². The summed E-state index contributed by atoms with van der Waals surface area (Å²) in [6.45, 7) is 0.0933. The first-order valence-corrected chi connectivity index (χ1v) is 2.98. The monoisotopic (exact) mass is 156 g/mol. The topological polar surface area (TPSA) is 77.5 Å². The van der Waals surface area contributed by atoms with E-state index in [4.69, 9.17) is 10.3 Å². The highest BCUT2D eigenvalue weighted by molar-refractivity contribution is 5.66. The predicted molar refractivity (Wildman–Crippen MR) is 36.2 cm³/mol. The summed E-state index contributed by atoms with van der Waals surface area (Å²) in [6.07, 6.45) is 0.820. The van der Waals surface area contributed by atoms with Gasteiger partial charge in [-0.3, -0.25) is 5.43 Å². The summed E-state index contributed by atoms with van der Waals surface area (Å²) in [6, 6.07) is 3.41. The van der Waals surface area contributed by atoms with Crippen molar-refractivity contribution in [1.29, 1.82) is 0 Å². The summed E-state index contributed by atoms with van der Waals surface area (Å²) < 4.78 is 9.45. The van der Waals surface area contributed by atoms with Crippen LogP contribution in [-0.4, -0.2) is 6.09 Å². The average molecular weight is 156 g/mol. The van der Waals surface area contributed by atoms with Gasteiger partial charge in [-0.15, -0.1) is 0 Å². The lowest BCUT2D eigenvalue weighted by molar-refractivity contribution is 0.131. The standard InChI is InChI=1S/C6H8N2O3/c7-8-6(9)11-4-5-2-1-3-10-5/h1-3H,4,7H2,(H,8,9). The van der Waals surface area contributed by atoms with Gasteiger partial charge in [0, 0.05) is 0 Å². The van der Waals surface area contributed by atoms with Crippen LogP contribution in [0.3, 0.4) is 0 Å². The number of amides is 1. The van der Waals surface area contributed by atoms with Crippen molar-refractivity contribution in [2.75, 3.05) is 0 Å². The number of hydrazine groups is 1. The summed E-state index contributed by atoms with van der Waals surface area (Å²) in [5.41, 5.74) is 1.82. The minimum Gasteiger partial charge on any atom is -0.466 e. The lowest BCUT2D eigenvalue weighted by atomic mass is 10.5. The van der Waals surface area contributed by atoms with Crippen LogP contribution in [0.25, 0.3) is 0 Å². The van der Waals surface area contributed by atoms with Crippen LogP contribution in [0.5, 0.6) is 0 Å². The Kier molecular flexibility index (Phi) is 2.51. The number of hydrogen-bond acceptors (Lipinski definition) is 4. The van der Waals surface area contributed by atoms with Crippen molar-refractivity contribution in [3.05, 3.63) is 24.2 Å². The number of nitrogens with one attached hydrogen (secondary N) is 1. The molecule has 0 unspecified atom stereocenters. The van der Waals surface area contributed by atoms with E-state index in [1.54, 1.807) is 12.1 Å². The summed E-state index contributed by atoms with van der Waals surface area (Å²) in [7, 11) is 0. The Bertz CT molecular complexity index is 220. The Morgan fingerprint density at radius 3 is 3.18 bits per heavy atom. The van der Waals surface area contributed by atoms with Crippen LogP contribution in [0.2, 0.25) is 0 Å². The van der Waals surface area contributed by atoms with Crippen molar-refractivity contribution in [2.24, 2.45) is 5.84 Å². The number of carbonyl (C=O) groups excluding carboxylic acids is 1. The van der Waals surface area contributed by atoms with Crippen molar-refractivity contribution in [2.45, 2.75) is 6.61 Å². The molecule has 0 aliphatic rings. The molecule has 0 radical (unpaired) electrons. The predicted octanol–water partition coefficient (Wildman–Crippen LogP) is 0.379. The van der Waals surface area contributed by atoms with E-state index in [2.05, 4.69) is 4.74 Å². The summed E-state index contributed by atoms with van der Waals surface area (Å²) >= 11 is 0. The van der Waals surface area contributed by atoms with Crippen LogP contribution in [0.4, 0.5) is 4.79 Å². The Morgan fingerprint density at radius 2 is 2.64 bits per heavy atom. The normalized spacial score (nSPS) is 9.18. The molecule has 5 heteroatoms. The summed E-state index contributed by atoms with van der Waals surface area (Å²) in [5.74, 6) is 5.33. The fourth-order valence-electron chi connectivity index (χ4n) is 0.573. The van der Waals surface area contributed by atoms with E-state index in [1.165, 1.54) is 6.26 Å². The molecular weight excluding hydrogens is 148 g/mol. The van der Waals surface area contributed by atoms with Crippen molar-refractivity contribution in [1.82, 2.24) is 5.43 Å². The second kappa shape index (κ2) is 3.62. The Labute approximate surface area is 63.1 Å². The van der Waals surface area contributed by atoms with Gasteiger partial charge in [-0.2, -0.15) is 0 Å². The first kappa shape index (κ1) is 7.62. The van der Waals surface area contributed by atoms with Gasteiger partial charge >= 0.3 is 6.09 Å². The van der Waals surface area contributed by atoms with E-state index in [0.717, 1.165) is 0 Å². The SMILES string of the molecule is NNC(=O)OCc1ccco1. The minimum atomic E-state index is -0.679. The molecule has 1 amide bonds. The number of hydrogen-bond donors (Lipinski definition) is 2. The molecular formula is C6H8N2O3. The number of carbonyl (C=O) groups is 1. The second-order valence-electron chi connectivity index (χ2n) is 1.80. The van der Waals surface area contributed by atoms with Gasteiger partial charge in [-0.05, 0) is 12.1 Å². The number of rotatable bonds is 2. The maximum Gasteiger partial charge on any atom is 0.421 e. The molecule has 1 aromatic rings. The number of nitrogens with two attached hydrogens (primary N) is 1. The van der Waals surface area contributed by atoms with Gasteiger partial charge in [0.05, 0.1) is 6.26 Å². The van der Waals surface area contributed by atoms with E-state index >= 15 is 0 Å². The van der Waals surface area contributed by atoms with Gasteiger partial charge in [0.15, 0.2) is 6.61 Å². The molecule has 5 nitrogen and oxygen atoms in total. The fourth-order valence-corrected chi connectivity index (χ4v) is 0.573. The highest BCUT2D eigenvalue weighted by Gasteiger charge is 2.00. The zero-order valence-corrected chi connectivity index (χ0v) is 5.74. The van der Waals surface area contributed by atoms with Gasteiger partial charge in [0.2, 0.25) is 0 Å². The van der Waals surface area contributed by atoms with Gasteiger partial charge in [-0.25, -0.2) is 10.6 Å². The molecule has 0 bridgehead atoms. The first-order valence-electron chi connectivity index (χ1n) is 2.98. The second-order valence-corrected chi connectivity index (χ2v) is 1.80. The van der Waals surface area contributed by atoms with Gasteiger partial charge in [-0.1, -0.05) is 0 Å². The zero-order valence-electron chi connectivity index (χ0n) is 5.74. The molecule has 1 aromatic heterocycles. The van der Waals surface area contributed by atoms with Crippen LogP contribution in [0.1, 0.15) is 5.76 Å². The molecule has 0 fully saturated rings. The maximum absolute atomic E-state index is 10.4. The van der Waals surface area contributed by atoms with Crippen LogP contribution in [-0.2, 0) is 11.3 Å². The van der Waals surface area contributed by atoms with E-state index in [1.807, 2.05) is 5.43 Å². The summed E-state index contributed by atoms with van der Waals surface area (Å²) in [5, 5.41) is 0. The Balaban J connectivity index is 2.29. The van der Waals surface area contributed by atoms with Crippen LogP contribution in [0, 0.1) is 0 Å². The van der Waals surface area contributed by atoms with E-state index in [0.29, 0.717) is 5.76 Å². The molecule has 0 saturated carbocycles. The molecule has 11 heavy (non-hydrogen) atoms. The van der Waals surface area contributed by atoms with Gasteiger partial charge < -0.3 is 9.15 Å². The third kappa shape index (κ3) is 2.30. The van der Waals surface area contributed by atoms with Crippen LogP contribution in [0.15, 0.2) is 22.8 Å². The smallest absolute Gasteiger partial charge is 0.421 e. The van der Waals surface area contributed by atoms with E-state index in [-0.39, 0.29) is 6.61 Å². The Morgan fingerprint density at radius 1 is 1.82 bits per heavy atom. The van der Waals surface area contributed by atoms with Gasteiger partial charge in [0.25, 0.3) is 0 Å². The summed E-state index contributed by atoms with van der Waals surface area (Å²) in [4.78, 5) is 10.4. The van der Waals surface area contributed by atoms with Gasteiger partial charge in [0.1, 0.15) is 5.76 Å². The molecule has 60 valence electrons. The van der Waals surface area contributed by atoms with Crippen molar-refractivity contribution >= 4 is 6.09 Å². The largest absolute Gasteiger partial charge is 0.466 e. The molecule has 0 aromatic carbocycles. The molecule has 1 heterocycles. The average Bonchev–Trinajstić information content (AvgIpc) is 2.52. The molecule has 0 atom stereocenters. The molecule has 0 saturated heterocycles. The first-order chi connectivity index (χ1) is 5.33.